The number of tetrazole rings is 1. The van der Waals surface area contributed by atoms with E-state index >= 15 is 0 Å². The molecule has 0 radical (unpaired) electrons. The van der Waals surface area contributed by atoms with Gasteiger partial charge in [-0.25, -0.2) is 18.1 Å². The Morgan fingerprint density at radius 3 is 2.68 bits per heavy atom. The number of rotatable bonds is 8. The van der Waals surface area contributed by atoms with E-state index in [-0.39, 0.29) is 5.75 Å². The van der Waals surface area contributed by atoms with Crippen LogP contribution >= 0.6 is 55.0 Å². The van der Waals surface area contributed by atoms with Gasteiger partial charge in [-0.1, -0.05) is 17.8 Å². The first-order valence-corrected chi connectivity index (χ1v) is 11.6. The van der Waals surface area contributed by atoms with Crippen LogP contribution in [0.3, 0.4) is 0 Å². The summed E-state index contributed by atoms with van der Waals surface area (Å²) < 4.78 is 26.4. The Morgan fingerprint density at radius 1 is 1.27 bits per heavy atom. The van der Waals surface area contributed by atoms with E-state index in [4.69, 9.17) is 0 Å². The van der Waals surface area contributed by atoms with Gasteiger partial charge < -0.3 is 0 Å². The van der Waals surface area contributed by atoms with Crippen LogP contribution in [0, 0.1) is 0 Å². The van der Waals surface area contributed by atoms with Crippen LogP contribution < -0.4 is 0 Å². The quantitative estimate of drug-likeness (QED) is 0.525. The molecule has 0 aliphatic rings. The van der Waals surface area contributed by atoms with E-state index in [1.54, 1.807) is 4.68 Å². The van der Waals surface area contributed by atoms with Gasteiger partial charge >= 0.3 is 0 Å². The van der Waals surface area contributed by atoms with Crippen molar-refractivity contribution in [1.29, 1.82) is 0 Å². The second-order valence-electron chi connectivity index (χ2n) is 4.52. The molecule has 0 amide bonds. The predicted molar refractivity (Wildman–Crippen MR) is 93.0 cm³/mol. The summed E-state index contributed by atoms with van der Waals surface area (Å²) in [5.41, 5.74) is 0. The van der Waals surface area contributed by atoms with Crippen molar-refractivity contribution in [2.75, 3.05) is 12.0 Å². The maximum absolute atomic E-state index is 11.1. The van der Waals surface area contributed by atoms with E-state index in [1.165, 1.54) is 29.4 Å². The summed E-state index contributed by atoms with van der Waals surface area (Å²) in [6.07, 6.45) is 3.58. The third-order valence-corrected chi connectivity index (χ3v) is 7.73. The summed E-state index contributed by atoms with van der Waals surface area (Å²) in [6.45, 7) is 0.660. The fraction of sp³-hybridized carbons (Fsp3) is 0.600. The molecule has 0 aliphatic heterocycles. The molecule has 0 saturated carbocycles. The van der Waals surface area contributed by atoms with E-state index in [0.29, 0.717) is 18.1 Å². The zero-order chi connectivity index (χ0) is 16.2. The molecule has 2 heterocycles. The molecule has 0 bridgehead atoms. The molecular formula is C10H13Br2N5O2S3. The topological polar surface area (TPSA) is 90.6 Å². The van der Waals surface area contributed by atoms with Gasteiger partial charge in [-0.2, -0.15) is 0 Å². The van der Waals surface area contributed by atoms with Crippen LogP contribution in [0.25, 0.3) is 0 Å². The van der Waals surface area contributed by atoms with Crippen molar-refractivity contribution in [1.82, 2.24) is 25.2 Å². The molecule has 0 aromatic carbocycles. The molecule has 0 N–H and O–H groups in total. The Labute approximate surface area is 153 Å². The van der Waals surface area contributed by atoms with E-state index in [1.807, 2.05) is 0 Å². The molecule has 22 heavy (non-hydrogen) atoms. The molecular weight excluding hydrogens is 478 g/mol. The molecule has 0 unspecified atom stereocenters. The van der Waals surface area contributed by atoms with Crippen molar-refractivity contribution in [2.24, 2.45) is 0 Å². The Hall–Kier alpha value is -0.0400. The van der Waals surface area contributed by atoms with Crippen molar-refractivity contribution < 1.29 is 8.42 Å². The van der Waals surface area contributed by atoms with Gasteiger partial charge in [-0.15, -0.1) is 5.10 Å². The van der Waals surface area contributed by atoms with Crippen LogP contribution in [-0.4, -0.2) is 45.6 Å². The van der Waals surface area contributed by atoms with Gasteiger partial charge in [-0.05, 0) is 66.9 Å². The summed E-state index contributed by atoms with van der Waals surface area (Å²) >= 11 is 9.65. The summed E-state index contributed by atoms with van der Waals surface area (Å²) in [7, 11) is -2.88. The third kappa shape index (κ3) is 5.87. The maximum Gasteiger partial charge on any atom is 0.216 e. The van der Waals surface area contributed by atoms with Crippen molar-refractivity contribution in [3.63, 3.8) is 0 Å². The largest absolute Gasteiger partial charge is 0.229 e. The van der Waals surface area contributed by atoms with Crippen molar-refractivity contribution in [3.05, 3.63) is 8.39 Å². The molecule has 2 aromatic heterocycles. The molecule has 0 saturated heterocycles. The number of unbranched alkanes of at least 4 members (excludes halogenated alkanes) is 2. The monoisotopic (exact) mass is 489 g/mol. The van der Waals surface area contributed by atoms with Gasteiger partial charge in [-0.3, -0.25) is 0 Å². The Bertz CT molecular complexity index is 711. The lowest BCUT2D eigenvalue weighted by molar-refractivity contribution is 0.505. The number of nitrogens with zero attached hydrogens (tertiary/aromatic N) is 5. The molecule has 7 nitrogen and oxygen atoms in total. The van der Waals surface area contributed by atoms with Crippen molar-refractivity contribution >= 4 is 64.8 Å². The highest BCUT2D eigenvalue weighted by atomic mass is 79.9. The average molecular weight is 491 g/mol. The minimum absolute atomic E-state index is 0.228. The molecule has 0 aliphatic carbocycles. The molecule has 0 atom stereocenters. The zero-order valence-electron chi connectivity index (χ0n) is 11.6. The van der Waals surface area contributed by atoms with Gasteiger partial charge in [0.15, 0.2) is 4.34 Å². The first-order chi connectivity index (χ1) is 10.3. The highest BCUT2D eigenvalue weighted by Gasteiger charge is 2.13. The molecule has 2 aromatic rings. The van der Waals surface area contributed by atoms with E-state index < -0.39 is 9.84 Å². The fourth-order valence-corrected chi connectivity index (χ4v) is 5.52. The molecule has 122 valence electrons. The Balaban J connectivity index is 1.84. The van der Waals surface area contributed by atoms with Crippen LogP contribution in [0.4, 0.5) is 0 Å². The summed E-state index contributed by atoms with van der Waals surface area (Å²) in [5.74, 6) is 0.228. The SMILES string of the molecule is CS(=O)(=O)CCCCCn1nnnc1Sc1nc(Br)c(Br)s1. The fourth-order valence-electron chi connectivity index (χ4n) is 1.60. The minimum atomic E-state index is -2.88. The number of aryl methyl sites for hydroxylation is 1. The second-order valence-corrected chi connectivity index (χ2v) is 11.1. The first kappa shape index (κ1) is 18.3. The number of thiazole rings is 1. The van der Waals surface area contributed by atoms with Crippen LogP contribution in [-0.2, 0) is 16.4 Å². The summed E-state index contributed by atoms with van der Waals surface area (Å²) in [6, 6.07) is 0. The lowest BCUT2D eigenvalue weighted by Gasteiger charge is -2.03. The van der Waals surface area contributed by atoms with Gasteiger partial charge in [0.25, 0.3) is 0 Å². The van der Waals surface area contributed by atoms with E-state index in [2.05, 4.69) is 52.4 Å². The van der Waals surface area contributed by atoms with Gasteiger partial charge in [0.05, 0.1) is 0 Å². The summed E-state index contributed by atoms with van der Waals surface area (Å²) in [4.78, 5) is 4.34. The number of hydrogen-bond acceptors (Lipinski definition) is 8. The molecule has 0 fully saturated rings. The smallest absolute Gasteiger partial charge is 0.216 e. The maximum atomic E-state index is 11.1. The molecule has 2 rings (SSSR count). The third-order valence-electron chi connectivity index (χ3n) is 2.59. The predicted octanol–water partition coefficient (Wildman–Crippen LogP) is 3.02. The van der Waals surface area contributed by atoms with Crippen LogP contribution in [0.2, 0.25) is 0 Å². The van der Waals surface area contributed by atoms with Crippen LogP contribution in [0.15, 0.2) is 17.9 Å². The molecule has 0 spiro atoms. The molecule has 12 heteroatoms. The lowest BCUT2D eigenvalue weighted by Crippen LogP contribution is -2.05. The highest BCUT2D eigenvalue weighted by Crippen LogP contribution is 2.36. The van der Waals surface area contributed by atoms with Gasteiger partial charge in [0.2, 0.25) is 5.16 Å². The standard InChI is InChI=1S/C10H13Br2N5O2S3/c1-22(18,19)6-4-2-3-5-17-9(14-15-16-17)21-10-13-7(11)8(12)20-10/h2-6H2,1H3. The number of hydrogen-bond donors (Lipinski definition) is 0. The minimum Gasteiger partial charge on any atom is -0.229 e. The Kier molecular flexibility index (Phi) is 6.80. The average Bonchev–Trinajstić information content (AvgIpc) is 2.96. The first-order valence-electron chi connectivity index (χ1n) is 6.29. The number of aromatic nitrogens is 5. The number of sulfone groups is 1. The van der Waals surface area contributed by atoms with Gasteiger partial charge in [0.1, 0.15) is 18.2 Å². The van der Waals surface area contributed by atoms with Crippen molar-refractivity contribution in [3.8, 4) is 0 Å². The van der Waals surface area contributed by atoms with Crippen molar-refractivity contribution in [2.45, 2.75) is 35.3 Å². The van der Waals surface area contributed by atoms with E-state index in [0.717, 1.165) is 25.6 Å². The summed E-state index contributed by atoms with van der Waals surface area (Å²) in [5, 5.41) is 12.3. The van der Waals surface area contributed by atoms with E-state index in [9.17, 15) is 8.42 Å². The normalized spacial score (nSPS) is 12.0. The van der Waals surface area contributed by atoms with Crippen LogP contribution in [0.5, 0.6) is 0 Å². The zero-order valence-corrected chi connectivity index (χ0v) is 17.2. The lowest BCUT2D eigenvalue weighted by atomic mass is 10.2. The number of halogens is 2. The van der Waals surface area contributed by atoms with Crippen LogP contribution in [0.1, 0.15) is 19.3 Å². The highest BCUT2D eigenvalue weighted by molar-refractivity contribution is 9.13. The second kappa shape index (κ2) is 8.18. The van der Waals surface area contributed by atoms with Gasteiger partial charge in [0, 0.05) is 18.6 Å². The Morgan fingerprint density at radius 2 is 2.05 bits per heavy atom.